The number of nitrogens with one attached hydrogen (secondary N) is 2. The maximum Gasteiger partial charge on any atom is 0.410 e. The Hall–Kier alpha value is -5.38. The van der Waals surface area contributed by atoms with Crippen LogP contribution in [0.15, 0.2) is 48.7 Å². The highest BCUT2D eigenvalue weighted by Crippen LogP contribution is 2.35. The fourth-order valence-corrected chi connectivity index (χ4v) is 8.55. The lowest BCUT2D eigenvalue weighted by atomic mass is 9.82. The van der Waals surface area contributed by atoms with Crippen molar-refractivity contribution in [2.75, 3.05) is 19.6 Å². The number of nitrogens with zero attached hydrogens (tertiary/aromatic N) is 5. The van der Waals surface area contributed by atoms with Gasteiger partial charge in [-0.2, -0.15) is 0 Å². The molecule has 1 saturated carbocycles. The molecule has 16 heteroatoms. The Morgan fingerprint density at radius 1 is 0.966 bits per heavy atom. The average Bonchev–Trinajstić information content (AvgIpc) is 3.86. The number of primary amides is 1. The molecule has 2 saturated heterocycles. The van der Waals surface area contributed by atoms with Gasteiger partial charge in [-0.3, -0.25) is 24.0 Å². The SMILES string of the molecule is CC(C)(C)OC(=O)N1CCC(NC(=O)[C@@H]2C[C@H](n3nncc3C(C)(C)O)CN2C(=O)C(CC2CCCCC2)NC(=O)c2ccc3ccccc3c2)(C(=O)C(N)=O)CC1. The normalized spacial score (nSPS) is 20.7. The first-order valence-corrected chi connectivity index (χ1v) is 20.2. The highest BCUT2D eigenvalue weighted by atomic mass is 16.6. The molecule has 2 aromatic carbocycles. The number of rotatable bonds is 11. The van der Waals surface area contributed by atoms with Gasteiger partial charge in [-0.05, 0) is 82.7 Å². The number of nitrogens with two attached hydrogens (primary N) is 1. The van der Waals surface area contributed by atoms with E-state index < -0.39 is 70.4 Å². The smallest absolute Gasteiger partial charge is 0.410 e. The van der Waals surface area contributed by atoms with Crippen LogP contribution < -0.4 is 16.4 Å². The van der Waals surface area contributed by atoms with E-state index in [0.29, 0.717) is 17.7 Å². The summed E-state index contributed by atoms with van der Waals surface area (Å²) in [5.74, 6) is -3.73. The number of aliphatic hydroxyl groups is 1. The maximum absolute atomic E-state index is 15.0. The molecule has 3 aromatic rings. The second-order valence-corrected chi connectivity index (χ2v) is 17.6. The quantitative estimate of drug-likeness (QED) is 0.207. The molecule has 312 valence electrons. The molecule has 3 heterocycles. The topological polar surface area (TPSA) is 219 Å². The molecule has 6 rings (SSSR count). The predicted molar refractivity (Wildman–Crippen MR) is 213 cm³/mol. The number of hydrogen-bond donors (Lipinski definition) is 4. The largest absolute Gasteiger partial charge is 0.444 e. The van der Waals surface area contributed by atoms with Gasteiger partial charge < -0.3 is 36.0 Å². The summed E-state index contributed by atoms with van der Waals surface area (Å²) in [5.41, 5.74) is 2.40. The van der Waals surface area contributed by atoms with Crippen molar-refractivity contribution < 1.29 is 38.6 Å². The van der Waals surface area contributed by atoms with Crippen molar-refractivity contribution in [2.45, 2.75) is 127 Å². The van der Waals surface area contributed by atoms with Crippen LogP contribution >= 0.6 is 0 Å². The number of carbonyl (C=O) groups is 6. The number of aromatic nitrogens is 3. The average molecular weight is 801 g/mol. The lowest BCUT2D eigenvalue weighted by Crippen LogP contribution is -2.65. The van der Waals surface area contributed by atoms with E-state index in [-0.39, 0.29) is 44.8 Å². The number of carbonyl (C=O) groups excluding carboxylic acids is 6. The van der Waals surface area contributed by atoms with Crippen LogP contribution in [-0.4, -0.2) is 108 Å². The van der Waals surface area contributed by atoms with Crippen LogP contribution in [-0.2, 0) is 29.5 Å². The Morgan fingerprint density at radius 2 is 1.64 bits per heavy atom. The molecule has 5 amide bonds. The predicted octanol–water partition coefficient (Wildman–Crippen LogP) is 3.51. The van der Waals surface area contributed by atoms with Gasteiger partial charge in [-0.15, -0.1) is 5.10 Å². The van der Waals surface area contributed by atoms with Crippen molar-refractivity contribution in [2.24, 2.45) is 11.7 Å². The van der Waals surface area contributed by atoms with Crippen LogP contribution in [0.3, 0.4) is 0 Å². The van der Waals surface area contributed by atoms with Gasteiger partial charge in [0.1, 0.15) is 28.8 Å². The van der Waals surface area contributed by atoms with E-state index in [1.54, 1.807) is 46.8 Å². The van der Waals surface area contributed by atoms with E-state index in [1.165, 1.54) is 20.7 Å². The lowest BCUT2D eigenvalue weighted by Gasteiger charge is -2.41. The van der Waals surface area contributed by atoms with E-state index >= 15 is 0 Å². The van der Waals surface area contributed by atoms with Crippen LogP contribution in [0.1, 0.15) is 114 Å². The number of likely N-dealkylation sites (tertiary alicyclic amines) is 2. The zero-order valence-corrected chi connectivity index (χ0v) is 34.0. The van der Waals surface area contributed by atoms with Gasteiger partial charge in [-0.1, -0.05) is 67.6 Å². The molecule has 5 N–H and O–H groups in total. The molecule has 3 fully saturated rings. The number of Topliss-reactive ketones (excluding diaryl/α,β-unsaturated/α-hetero) is 1. The van der Waals surface area contributed by atoms with Gasteiger partial charge in [0.05, 0.1) is 17.9 Å². The second-order valence-electron chi connectivity index (χ2n) is 17.6. The summed E-state index contributed by atoms with van der Waals surface area (Å²) in [6.45, 7) is 8.30. The van der Waals surface area contributed by atoms with Crippen molar-refractivity contribution in [1.82, 2.24) is 35.4 Å². The van der Waals surface area contributed by atoms with Gasteiger partial charge in [0.25, 0.3) is 11.8 Å². The minimum absolute atomic E-state index is 0.0116. The van der Waals surface area contributed by atoms with Crippen LogP contribution in [0.5, 0.6) is 0 Å². The number of hydrogen-bond acceptors (Lipinski definition) is 10. The first-order chi connectivity index (χ1) is 27.3. The minimum Gasteiger partial charge on any atom is -0.444 e. The van der Waals surface area contributed by atoms with E-state index in [9.17, 15) is 33.9 Å². The van der Waals surface area contributed by atoms with Gasteiger partial charge >= 0.3 is 6.09 Å². The van der Waals surface area contributed by atoms with Crippen molar-refractivity contribution >= 4 is 46.3 Å². The minimum atomic E-state index is -1.76. The molecule has 3 atom stereocenters. The monoisotopic (exact) mass is 800 g/mol. The molecular weight excluding hydrogens is 745 g/mol. The molecule has 1 aromatic heterocycles. The molecule has 2 aliphatic heterocycles. The molecular formula is C42H56N8O8. The van der Waals surface area contributed by atoms with Gasteiger partial charge in [0.15, 0.2) is 0 Å². The summed E-state index contributed by atoms with van der Waals surface area (Å²) >= 11 is 0. The van der Waals surface area contributed by atoms with Crippen molar-refractivity contribution in [3.05, 3.63) is 59.9 Å². The van der Waals surface area contributed by atoms with Crippen LogP contribution in [0.4, 0.5) is 4.79 Å². The Bertz CT molecular complexity index is 2040. The number of ketones is 1. The summed E-state index contributed by atoms with van der Waals surface area (Å²) < 4.78 is 7.01. The van der Waals surface area contributed by atoms with Gasteiger partial charge in [-0.25, -0.2) is 9.48 Å². The molecule has 0 bridgehead atoms. The summed E-state index contributed by atoms with van der Waals surface area (Å²) in [5, 5.41) is 26.9. The van der Waals surface area contributed by atoms with Crippen LogP contribution in [0.2, 0.25) is 0 Å². The molecule has 58 heavy (non-hydrogen) atoms. The van der Waals surface area contributed by atoms with E-state index in [0.717, 1.165) is 42.9 Å². The van der Waals surface area contributed by atoms with Crippen molar-refractivity contribution in [3.8, 4) is 0 Å². The van der Waals surface area contributed by atoms with E-state index in [4.69, 9.17) is 10.5 Å². The Kier molecular flexibility index (Phi) is 12.3. The van der Waals surface area contributed by atoms with Crippen LogP contribution in [0, 0.1) is 5.92 Å². The zero-order valence-electron chi connectivity index (χ0n) is 34.0. The number of fused-ring (bicyclic) bond motifs is 1. The lowest BCUT2D eigenvalue weighted by molar-refractivity contribution is -0.146. The van der Waals surface area contributed by atoms with Gasteiger partial charge in [0.2, 0.25) is 17.6 Å². The summed E-state index contributed by atoms with van der Waals surface area (Å²) in [4.78, 5) is 85.3. The number of amides is 5. The highest BCUT2D eigenvalue weighted by molar-refractivity contribution is 6.39. The number of benzene rings is 2. The molecule has 1 unspecified atom stereocenters. The third kappa shape index (κ3) is 9.49. The Balaban J connectivity index is 1.31. The van der Waals surface area contributed by atoms with E-state index in [1.807, 2.05) is 30.3 Å². The summed E-state index contributed by atoms with van der Waals surface area (Å²) in [6, 6.07) is 10.2. The van der Waals surface area contributed by atoms with Crippen LogP contribution in [0.25, 0.3) is 10.8 Å². The Labute approximate surface area is 338 Å². The van der Waals surface area contributed by atoms with Gasteiger partial charge in [0, 0.05) is 31.6 Å². The fraction of sp³-hybridized carbons (Fsp3) is 0.571. The summed E-state index contributed by atoms with van der Waals surface area (Å²) in [7, 11) is 0. The van der Waals surface area contributed by atoms with Crippen molar-refractivity contribution in [3.63, 3.8) is 0 Å². The third-order valence-electron chi connectivity index (χ3n) is 11.6. The highest BCUT2D eigenvalue weighted by Gasteiger charge is 2.50. The molecule has 1 aliphatic carbocycles. The molecule has 0 spiro atoms. The molecule has 3 aliphatic rings. The Morgan fingerprint density at radius 3 is 2.28 bits per heavy atom. The number of ether oxygens (including phenoxy) is 1. The molecule has 0 radical (unpaired) electrons. The first-order valence-electron chi connectivity index (χ1n) is 20.2. The fourth-order valence-electron chi connectivity index (χ4n) is 8.55. The third-order valence-corrected chi connectivity index (χ3v) is 11.6. The second kappa shape index (κ2) is 16.8. The maximum atomic E-state index is 15.0. The molecule has 16 nitrogen and oxygen atoms in total. The van der Waals surface area contributed by atoms with E-state index in [2.05, 4.69) is 20.9 Å². The van der Waals surface area contributed by atoms with Crippen molar-refractivity contribution in [1.29, 1.82) is 0 Å². The first kappa shape index (κ1) is 42.2. The number of piperidine rings is 1. The zero-order chi connectivity index (χ0) is 42.0. The summed E-state index contributed by atoms with van der Waals surface area (Å²) in [6.07, 6.45) is 5.86. The standard InChI is InChI=1S/C42H56N8O8/c1-40(2,3)58-39(56)48-19-17-42(18-20-48,34(51)35(43)52)46-37(54)32-23-30(50-33(24-44-47-50)41(4,5)57)25-49(32)38(55)31(21-26-11-7-6-8-12-26)45-36(53)29-16-15-27-13-9-10-14-28(27)22-29/h9-10,13-16,22,24,26,30-32,57H,6-8,11-12,17-21,23,25H2,1-5H3,(H2,43,52)(H,45,53)(H,46,54)/t30-,31?,32-/m0/s1.